The number of morpholine rings is 1. The topological polar surface area (TPSA) is 96.0 Å². The second-order valence-electron chi connectivity index (χ2n) is 12.0. The van der Waals surface area contributed by atoms with E-state index in [-0.39, 0.29) is 10.9 Å². The summed E-state index contributed by atoms with van der Waals surface area (Å²) in [6.07, 6.45) is 2.61. The van der Waals surface area contributed by atoms with Crippen molar-refractivity contribution in [1.82, 2.24) is 10.2 Å². The first kappa shape index (κ1) is 32.9. The molecule has 6 rings (SSSR count). The van der Waals surface area contributed by atoms with Crippen LogP contribution < -0.4 is 10.2 Å². The Balaban J connectivity index is 1.28. The molecule has 1 aliphatic heterocycles. The number of benzene rings is 5. The number of amides is 3. The number of sulfone groups is 1. The third-order valence-electron chi connectivity index (χ3n) is 8.72. The fourth-order valence-electron chi connectivity index (χ4n) is 5.96. The Bertz CT molecular complexity index is 2040. The SMILES string of the molecule is C[C@@H](C(=O)N[C@H](/C=C/S(=O)(=O)c1ccc2ccccc2c1)CCc1ccccc1)N(C(=O)N1CCOCC1)c1ccc2ccccc2c1. The lowest BCUT2D eigenvalue weighted by Crippen LogP contribution is -2.56. The van der Waals surface area contributed by atoms with Crippen molar-refractivity contribution in [3.8, 4) is 0 Å². The summed E-state index contributed by atoms with van der Waals surface area (Å²) in [7, 11) is -3.81. The molecule has 5 aromatic carbocycles. The van der Waals surface area contributed by atoms with Gasteiger partial charge in [-0.15, -0.1) is 0 Å². The Morgan fingerprint density at radius 3 is 2.10 bits per heavy atom. The molecule has 0 aliphatic carbocycles. The smallest absolute Gasteiger partial charge is 0.325 e. The lowest BCUT2D eigenvalue weighted by atomic mass is 10.0. The second-order valence-corrected chi connectivity index (χ2v) is 13.8. The number of rotatable bonds is 10. The van der Waals surface area contributed by atoms with Gasteiger partial charge in [0.2, 0.25) is 5.91 Å². The van der Waals surface area contributed by atoms with E-state index >= 15 is 0 Å². The van der Waals surface area contributed by atoms with Crippen molar-refractivity contribution in [1.29, 1.82) is 0 Å². The molecule has 1 fully saturated rings. The predicted molar refractivity (Wildman–Crippen MR) is 191 cm³/mol. The van der Waals surface area contributed by atoms with Crippen LogP contribution in [0.5, 0.6) is 0 Å². The van der Waals surface area contributed by atoms with Crippen LogP contribution in [0, 0.1) is 0 Å². The molecule has 1 saturated heterocycles. The standard InChI is InChI=1S/C39H39N3O5S/c1-29(42(39(44)41-22-24-47-25-23-41)36-19-16-31-11-5-7-13-33(31)27-36)38(43)40-35(18-15-30-9-3-2-4-10-30)21-26-48(45,46)37-20-17-32-12-6-8-14-34(32)28-37/h2-14,16-17,19-21,26-29,35H,15,18,22-25H2,1H3,(H,40,43)/b26-21+/t29-,35-/m0/s1. The average Bonchev–Trinajstić information content (AvgIpc) is 3.13. The number of carbonyl (C=O) groups excluding carboxylic acids is 2. The highest BCUT2D eigenvalue weighted by Gasteiger charge is 2.32. The van der Waals surface area contributed by atoms with Crippen LogP contribution in [0.15, 0.2) is 132 Å². The molecule has 0 saturated carbocycles. The Hall–Kier alpha value is -4.99. The molecular formula is C39H39N3O5S. The van der Waals surface area contributed by atoms with Gasteiger partial charge in [0.05, 0.1) is 18.1 Å². The van der Waals surface area contributed by atoms with Crippen LogP contribution in [-0.4, -0.2) is 63.6 Å². The van der Waals surface area contributed by atoms with Gasteiger partial charge in [0.25, 0.3) is 0 Å². The maximum Gasteiger partial charge on any atom is 0.325 e. The minimum atomic E-state index is -3.81. The number of ether oxygens (including phenoxy) is 1. The van der Waals surface area contributed by atoms with E-state index in [1.165, 1.54) is 10.3 Å². The molecule has 8 nitrogen and oxygen atoms in total. The molecular weight excluding hydrogens is 623 g/mol. The number of hydrogen-bond donors (Lipinski definition) is 1. The summed E-state index contributed by atoms with van der Waals surface area (Å²) < 4.78 is 32.4. The lowest BCUT2D eigenvalue weighted by molar-refractivity contribution is -0.122. The van der Waals surface area contributed by atoms with Crippen molar-refractivity contribution >= 4 is 49.0 Å². The van der Waals surface area contributed by atoms with Gasteiger partial charge in [-0.25, -0.2) is 13.2 Å². The van der Waals surface area contributed by atoms with Crippen molar-refractivity contribution < 1.29 is 22.7 Å². The van der Waals surface area contributed by atoms with E-state index in [0.717, 1.165) is 27.1 Å². The highest BCUT2D eigenvalue weighted by atomic mass is 32.2. The van der Waals surface area contributed by atoms with Gasteiger partial charge in [-0.05, 0) is 71.1 Å². The molecule has 1 aliphatic rings. The number of urea groups is 1. The molecule has 48 heavy (non-hydrogen) atoms. The summed E-state index contributed by atoms with van der Waals surface area (Å²) in [5, 5.41) is 7.99. The molecule has 0 spiro atoms. The monoisotopic (exact) mass is 661 g/mol. The van der Waals surface area contributed by atoms with Crippen LogP contribution >= 0.6 is 0 Å². The van der Waals surface area contributed by atoms with Crippen LogP contribution in [0.2, 0.25) is 0 Å². The number of fused-ring (bicyclic) bond motifs is 2. The molecule has 1 N–H and O–H groups in total. The second kappa shape index (κ2) is 14.8. The molecule has 2 atom stereocenters. The summed E-state index contributed by atoms with van der Waals surface area (Å²) in [5.74, 6) is -0.393. The van der Waals surface area contributed by atoms with E-state index in [0.29, 0.717) is 44.8 Å². The molecule has 0 radical (unpaired) electrons. The Kier molecular flexibility index (Phi) is 10.2. The van der Waals surface area contributed by atoms with E-state index in [9.17, 15) is 18.0 Å². The van der Waals surface area contributed by atoms with Gasteiger partial charge in [0.15, 0.2) is 9.84 Å². The summed E-state index contributed by atoms with van der Waals surface area (Å²) >= 11 is 0. The number of hydrogen-bond acceptors (Lipinski definition) is 5. The van der Waals surface area contributed by atoms with Crippen LogP contribution in [0.3, 0.4) is 0 Å². The van der Waals surface area contributed by atoms with Crippen LogP contribution in [0.1, 0.15) is 18.9 Å². The molecule has 1 heterocycles. The summed E-state index contributed by atoms with van der Waals surface area (Å²) in [6, 6.07) is 34.3. The van der Waals surface area contributed by atoms with Crippen molar-refractivity contribution in [3.63, 3.8) is 0 Å². The minimum absolute atomic E-state index is 0.178. The van der Waals surface area contributed by atoms with Gasteiger partial charge < -0.3 is 15.0 Å². The zero-order chi connectivity index (χ0) is 33.5. The maximum atomic E-state index is 14.0. The number of aryl methyl sites for hydroxylation is 1. The molecule has 5 aromatic rings. The normalized spacial score (nSPS) is 15.0. The first-order valence-electron chi connectivity index (χ1n) is 16.2. The summed E-state index contributed by atoms with van der Waals surface area (Å²) in [5.41, 5.74) is 1.67. The van der Waals surface area contributed by atoms with Gasteiger partial charge in [-0.3, -0.25) is 9.69 Å². The zero-order valence-electron chi connectivity index (χ0n) is 26.9. The molecule has 246 valence electrons. The van der Waals surface area contributed by atoms with Crippen LogP contribution in [0.4, 0.5) is 10.5 Å². The predicted octanol–water partition coefficient (Wildman–Crippen LogP) is 6.75. The number of anilines is 1. The van der Waals surface area contributed by atoms with Gasteiger partial charge in [-0.1, -0.05) is 97.1 Å². The highest BCUT2D eigenvalue weighted by Crippen LogP contribution is 2.26. The van der Waals surface area contributed by atoms with E-state index in [4.69, 9.17) is 4.74 Å². The van der Waals surface area contributed by atoms with Crippen molar-refractivity contribution in [2.24, 2.45) is 0 Å². The van der Waals surface area contributed by atoms with Crippen LogP contribution in [0.25, 0.3) is 21.5 Å². The average molecular weight is 662 g/mol. The first-order chi connectivity index (χ1) is 23.3. The van der Waals surface area contributed by atoms with Gasteiger partial charge >= 0.3 is 6.03 Å². The minimum Gasteiger partial charge on any atom is -0.378 e. The Morgan fingerprint density at radius 1 is 0.812 bits per heavy atom. The number of nitrogens with zero attached hydrogens (tertiary/aromatic N) is 2. The lowest BCUT2D eigenvalue weighted by Gasteiger charge is -2.36. The third kappa shape index (κ3) is 7.75. The number of nitrogens with one attached hydrogen (secondary N) is 1. The Morgan fingerprint density at radius 2 is 1.42 bits per heavy atom. The first-order valence-corrected chi connectivity index (χ1v) is 17.7. The summed E-state index contributed by atoms with van der Waals surface area (Å²) in [6.45, 7) is 3.40. The zero-order valence-corrected chi connectivity index (χ0v) is 27.7. The Labute approximate surface area is 281 Å². The maximum absolute atomic E-state index is 14.0. The largest absolute Gasteiger partial charge is 0.378 e. The molecule has 0 bridgehead atoms. The van der Waals surface area contributed by atoms with E-state index < -0.39 is 27.8 Å². The molecule has 3 amide bonds. The van der Waals surface area contributed by atoms with Gasteiger partial charge in [-0.2, -0.15) is 0 Å². The highest BCUT2D eigenvalue weighted by molar-refractivity contribution is 7.94. The molecule has 0 aromatic heterocycles. The molecule has 0 unspecified atom stereocenters. The molecule has 9 heteroatoms. The van der Waals surface area contributed by atoms with Crippen LogP contribution in [-0.2, 0) is 25.8 Å². The van der Waals surface area contributed by atoms with E-state index in [2.05, 4.69) is 5.32 Å². The fourth-order valence-corrected chi connectivity index (χ4v) is 7.06. The number of carbonyl (C=O) groups is 2. The van der Waals surface area contributed by atoms with E-state index in [1.807, 2.05) is 97.1 Å². The third-order valence-corrected chi connectivity index (χ3v) is 10.1. The van der Waals surface area contributed by atoms with Crippen molar-refractivity contribution in [2.45, 2.75) is 36.7 Å². The van der Waals surface area contributed by atoms with Gasteiger partial charge in [0.1, 0.15) is 6.04 Å². The summed E-state index contributed by atoms with van der Waals surface area (Å²) in [4.78, 5) is 31.4. The van der Waals surface area contributed by atoms with E-state index in [1.54, 1.807) is 36.1 Å². The van der Waals surface area contributed by atoms with Gasteiger partial charge in [0, 0.05) is 30.2 Å². The van der Waals surface area contributed by atoms with Crippen molar-refractivity contribution in [2.75, 3.05) is 31.2 Å². The van der Waals surface area contributed by atoms with Crippen molar-refractivity contribution in [3.05, 3.63) is 132 Å². The quantitative estimate of drug-likeness (QED) is 0.179. The fraction of sp³-hybridized carbons (Fsp3) is 0.231.